The van der Waals surface area contributed by atoms with Gasteiger partial charge in [-0.3, -0.25) is 14.3 Å². The van der Waals surface area contributed by atoms with Gasteiger partial charge in [0.15, 0.2) is 5.82 Å². The summed E-state index contributed by atoms with van der Waals surface area (Å²) in [5.74, 6) is 0.292. The molecule has 146 valence electrons. The molecule has 1 aromatic carbocycles. The van der Waals surface area contributed by atoms with Crippen LogP contribution in [0.15, 0.2) is 78.0 Å². The van der Waals surface area contributed by atoms with Crippen molar-refractivity contribution < 1.29 is 4.79 Å². The summed E-state index contributed by atoms with van der Waals surface area (Å²) >= 11 is 0. The van der Waals surface area contributed by atoms with Crippen LogP contribution in [0.2, 0.25) is 0 Å². The highest BCUT2D eigenvalue weighted by Gasteiger charge is 2.13. The van der Waals surface area contributed by atoms with Crippen LogP contribution in [-0.4, -0.2) is 36.4 Å². The van der Waals surface area contributed by atoms with Gasteiger partial charge in [-0.15, -0.1) is 5.10 Å². The van der Waals surface area contributed by atoms with Crippen LogP contribution in [0.3, 0.4) is 0 Å². The Labute approximate surface area is 167 Å². The van der Waals surface area contributed by atoms with Gasteiger partial charge in [-0.05, 0) is 48.5 Å². The molecule has 0 aliphatic heterocycles. The molecule has 1 N–H and O–H groups in total. The molecule has 8 heteroatoms. The van der Waals surface area contributed by atoms with Crippen molar-refractivity contribution in [2.24, 2.45) is 7.05 Å². The van der Waals surface area contributed by atoms with Crippen molar-refractivity contribution in [3.63, 3.8) is 0 Å². The Balaban J connectivity index is 1.39. The lowest BCUT2D eigenvalue weighted by molar-refractivity contribution is 0.0952. The van der Waals surface area contributed by atoms with Crippen LogP contribution in [-0.2, 0) is 13.6 Å². The first-order valence-corrected chi connectivity index (χ1v) is 9.20. The van der Waals surface area contributed by atoms with E-state index < -0.39 is 0 Å². The lowest BCUT2D eigenvalue weighted by Gasteiger charge is -2.07. The van der Waals surface area contributed by atoms with Gasteiger partial charge in [0, 0.05) is 43.4 Å². The largest absolute Gasteiger partial charge is 0.350 e. The smallest absolute Gasteiger partial charge is 0.346 e. The molecule has 8 nitrogen and oxygen atoms in total. The van der Waals surface area contributed by atoms with Crippen molar-refractivity contribution in [1.82, 2.24) is 29.2 Å². The summed E-state index contributed by atoms with van der Waals surface area (Å²) in [6, 6.07) is 16.7. The zero-order valence-corrected chi connectivity index (χ0v) is 15.9. The van der Waals surface area contributed by atoms with Crippen LogP contribution in [0.25, 0.3) is 17.2 Å². The number of pyridine rings is 1. The number of aromatic nitrogens is 5. The molecule has 3 aromatic heterocycles. The minimum absolute atomic E-state index is 0.196. The quantitative estimate of drug-likeness (QED) is 0.546. The number of carbonyl (C=O) groups is 1. The van der Waals surface area contributed by atoms with Crippen LogP contribution in [0, 0.1) is 0 Å². The molecule has 0 bridgehead atoms. The van der Waals surface area contributed by atoms with E-state index in [1.165, 1.54) is 9.25 Å². The fraction of sp³-hybridized carbons (Fsp3) is 0.143. The average Bonchev–Trinajstić information content (AvgIpc) is 3.39. The molecule has 3 heterocycles. The van der Waals surface area contributed by atoms with E-state index >= 15 is 0 Å². The van der Waals surface area contributed by atoms with Gasteiger partial charge in [0.25, 0.3) is 5.91 Å². The van der Waals surface area contributed by atoms with Crippen LogP contribution in [0.5, 0.6) is 0 Å². The van der Waals surface area contributed by atoms with Crippen LogP contribution in [0.4, 0.5) is 0 Å². The Hall–Kier alpha value is -3.94. The summed E-state index contributed by atoms with van der Waals surface area (Å²) in [7, 11) is 1.65. The highest BCUT2D eigenvalue weighted by Crippen LogP contribution is 2.11. The normalized spacial score (nSPS) is 10.8. The van der Waals surface area contributed by atoms with E-state index in [4.69, 9.17) is 0 Å². The molecular formula is C21H20N6O2. The Kier molecular flexibility index (Phi) is 5.07. The molecule has 0 saturated carbocycles. The molecule has 0 radical (unpaired) electrons. The number of hydrogen-bond acceptors (Lipinski definition) is 4. The van der Waals surface area contributed by atoms with Crippen LogP contribution in [0.1, 0.15) is 10.4 Å². The van der Waals surface area contributed by atoms with Gasteiger partial charge in [0.1, 0.15) is 5.69 Å². The second-order valence-corrected chi connectivity index (χ2v) is 6.50. The van der Waals surface area contributed by atoms with E-state index in [1.54, 1.807) is 37.5 Å². The van der Waals surface area contributed by atoms with Crippen LogP contribution < -0.4 is 11.0 Å². The van der Waals surface area contributed by atoms with E-state index in [1.807, 2.05) is 47.3 Å². The summed E-state index contributed by atoms with van der Waals surface area (Å²) in [4.78, 5) is 29.0. The SMILES string of the molecule is Cn1c(-c2ccccn2)nn(CCNC(=O)c2ccc(-n3cccc3)cc2)c1=O. The van der Waals surface area contributed by atoms with Gasteiger partial charge < -0.3 is 9.88 Å². The molecule has 1 amide bonds. The molecule has 0 spiro atoms. The van der Waals surface area contributed by atoms with Gasteiger partial charge in [0.2, 0.25) is 0 Å². The van der Waals surface area contributed by atoms with E-state index in [2.05, 4.69) is 15.4 Å². The number of nitrogens with zero attached hydrogens (tertiary/aromatic N) is 5. The number of hydrogen-bond donors (Lipinski definition) is 1. The van der Waals surface area contributed by atoms with Crippen LogP contribution >= 0.6 is 0 Å². The first-order chi connectivity index (χ1) is 14.1. The van der Waals surface area contributed by atoms with E-state index in [-0.39, 0.29) is 24.7 Å². The predicted molar refractivity (Wildman–Crippen MR) is 109 cm³/mol. The molecule has 0 fully saturated rings. The van der Waals surface area contributed by atoms with E-state index in [9.17, 15) is 9.59 Å². The molecular weight excluding hydrogens is 368 g/mol. The Morgan fingerprint density at radius 2 is 1.79 bits per heavy atom. The summed E-state index contributed by atoms with van der Waals surface area (Å²) in [5.41, 5.74) is 1.91. The third kappa shape index (κ3) is 3.86. The molecule has 0 aliphatic carbocycles. The second-order valence-electron chi connectivity index (χ2n) is 6.50. The Morgan fingerprint density at radius 3 is 2.48 bits per heavy atom. The van der Waals surface area contributed by atoms with Crippen molar-refractivity contribution in [3.05, 3.63) is 89.2 Å². The van der Waals surface area contributed by atoms with Gasteiger partial charge in [-0.1, -0.05) is 6.07 Å². The van der Waals surface area contributed by atoms with Crippen molar-refractivity contribution in [2.75, 3.05) is 6.54 Å². The third-order valence-electron chi connectivity index (χ3n) is 4.58. The molecule has 4 aromatic rings. The van der Waals surface area contributed by atoms with Gasteiger partial charge in [0.05, 0.1) is 6.54 Å². The number of amides is 1. The maximum atomic E-state index is 12.4. The molecule has 0 saturated heterocycles. The van der Waals surface area contributed by atoms with Crippen molar-refractivity contribution >= 4 is 5.91 Å². The van der Waals surface area contributed by atoms with Crippen molar-refractivity contribution in [3.8, 4) is 17.2 Å². The van der Waals surface area contributed by atoms with E-state index in [0.717, 1.165) is 5.69 Å². The Morgan fingerprint density at radius 1 is 1.03 bits per heavy atom. The Bertz CT molecular complexity index is 1160. The second kappa shape index (κ2) is 7.97. The fourth-order valence-corrected chi connectivity index (χ4v) is 3.02. The van der Waals surface area contributed by atoms with Crippen molar-refractivity contribution in [2.45, 2.75) is 6.54 Å². The first-order valence-electron chi connectivity index (χ1n) is 9.20. The minimum atomic E-state index is -0.254. The lowest BCUT2D eigenvalue weighted by atomic mass is 10.2. The van der Waals surface area contributed by atoms with Gasteiger partial charge in [-0.25, -0.2) is 9.48 Å². The first kappa shape index (κ1) is 18.4. The summed E-state index contributed by atoms with van der Waals surface area (Å²) < 4.78 is 4.75. The topological polar surface area (TPSA) is 86.7 Å². The zero-order chi connectivity index (χ0) is 20.2. The maximum Gasteiger partial charge on any atom is 0.346 e. The molecule has 29 heavy (non-hydrogen) atoms. The third-order valence-corrected chi connectivity index (χ3v) is 4.58. The average molecular weight is 388 g/mol. The highest BCUT2D eigenvalue weighted by atomic mass is 16.2. The van der Waals surface area contributed by atoms with Gasteiger partial charge in [-0.2, -0.15) is 0 Å². The molecule has 0 unspecified atom stereocenters. The standard InChI is InChI=1S/C21H20N6O2/c1-25-19(18-6-2-3-11-22-18)24-27(21(25)29)15-12-23-20(28)16-7-9-17(10-8-16)26-13-4-5-14-26/h2-11,13-14H,12,15H2,1H3,(H,23,28). The molecule has 0 aliphatic rings. The number of benzene rings is 1. The summed E-state index contributed by atoms with van der Waals surface area (Å²) in [5, 5.41) is 7.17. The van der Waals surface area contributed by atoms with E-state index in [0.29, 0.717) is 17.1 Å². The lowest BCUT2D eigenvalue weighted by Crippen LogP contribution is -2.31. The van der Waals surface area contributed by atoms with Gasteiger partial charge >= 0.3 is 5.69 Å². The predicted octanol–water partition coefficient (Wildman–Crippen LogP) is 1.86. The fourth-order valence-electron chi connectivity index (χ4n) is 3.02. The minimum Gasteiger partial charge on any atom is -0.350 e. The highest BCUT2D eigenvalue weighted by molar-refractivity contribution is 5.94. The molecule has 4 rings (SSSR count). The summed E-state index contributed by atoms with van der Waals surface area (Å²) in [6.45, 7) is 0.559. The zero-order valence-electron chi connectivity index (χ0n) is 15.9. The number of rotatable bonds is 6. The monoisotopic (exact) mass is 388 g/mol. The number of carbonyl (C=O) groups excluding carboxylic acids is 1. The maximum absolute atomic E-state index is 12.4. The summed E-state index contributed by atoms with van der Waals surface area (Å²) in [6.07, 6.45) is 5.54. The van der Waals surface area contributed by atoms with Crippen molar-refractivity contribution in [1.29, 1.82) is 0 Å². The molecule has 0 atom stereocenters. The number of nitrogens with one attached hydrogen (secondary N) is 1.